The van der Waals surface area contributed by atoms with Crippen molar-refractivity contribution in [3.05, 3.63) is 29.6 Å². The van der Waals surface area contributed by atoms with Crippen LogP contribution in [0.5, 0.6) is 5.75 Å². The number of carbonyl (C=O) groups is 1. The minimum Gasteiger partial charge on any atom is -0.497 e. The topological polar surface area (TPSA) is 96.9 Å². The first-order valence-electron chi connectivity index (χ1n) is 5.58. The predicted molar refractivity (Wildman–Crippen MR) is 67.9 cm³/mol. The fourth-order valence-corrected chi connectivity index (χ4v) is 1.51. The first-order valence-corrected chi connectivity index (χ1v) is 5.58. The molecular formula is C12H16FN3O3. The molecular weight excluding hydrogens is 253 g/mol. The lowest BCUT2D eigenvalue weighted by atomic mass is 10.1. The van der Waals surface area contributed by atoms with Crippen molar-refractivity contribution in [2.45, 2.75) is 19.4 Å². The second-order valence-corrected chi connectivity index (χ2v) is 4.02. The maximum absolute atomic E-state index is 13.6. The molecule has 0 heterocycles. The number of rotatable bonds is 5. The van der Waals surface area contributed by atoms with E-state index in [-0.39, 0.29) is 23.9 Å². The number of nitrogens with zero attached hydrogens (tertiary/aromatic N) is 1. The summed E-state index contributed by atoms with van der Waals surface area (Å²) in [7, 11) is 1.41. The lowest BCUT2D eigenvalue weighted by Crippen LogP contribution is -2.36. The number of benzene rings is 1. The first-order chi connectivity index (χ1) is 8.97. The molecule has 19 heavy (non-hydrogen) atoms. The van der Waals surface area contributed by atoms with Crippen molar-refractivity contribution >= 4 is 11.7 Å². The molecule has 1 rings (SSSR count). The van der Waals surface area contributed by atoms with E-state index in [0.29, 0.717) is 5.75 Å². The molecule has 0 spiro atoms. The average molecular weight is 269 g/mol. The maximum Gasteiger partial charge on any atom is 0.254 e. The highest BCUT2D eigenvalue weighted by molar-refractivity contribution is 5.95. The smallest absolute Gasteiger partial charge is 0.254 e. The van der Waals surface area contributed by atoms with Gasteiger partial charge in [0.25, 0.3) is 5.91 Å². The van der Waals surface area contributed by atoms with Crippen molar-refractivity contribution in [3.8, 4) is 5.75 Å². The zero-order chi connectivity index (χ0) is 14.4. The van der Waals surface area contributed by atoms with Crippen LogP contribution < -0.4 is 15.8 Å². The number of halogens is 1. The molecule has 7 heteroatoms. The van der Waals surface area contributed by atoms with Gasteiger partial charge in [0.15, 0.2) is 0 Å². The molecule has 104 valence electrons. The first kappa shape index (κ1) is 14.7. The standard InChI is InChI=1S/C12H16FN3O3/c1-7(5-11(14)16-18)15-12(17)9-4-3-8(19-2)6-10(9)13/h3-4,6-7,18H,5H2,1-2H3,(H2,14,16)(H,15,17). The molecule has 0 aliphatic rings. The largest absolute Gasteiger partial charge is 0.497 e. The lowest BCUT2D eigenvalue weighted by molar-refractivity contribution is 0.0937. The zero-order valence-electron chi connectivity index (χ0n) is 10.7. The van der Waals surface area contributed by atoms with E-state index < -0.39 is 11.7 Å². The van der Waals surface area contributed by atoms with Gasteiger partial charge in [0.1, 0.15) is 17.4 Å². The molecule has 0 aliphatic carbocycles. The van der Waals surface area contributed by atoms with Gasteiger partial charge in [-0.2, -0.15) is 0 Å². The number of oxime groups is 1. The summed E-state index contributed by atoms with van der Waals surface area (Å²) in [6, 6.07) is 3.57. The zero-order valence-corrected chi connectivity index (χ0v) is 10.7. The third kappa shape index (κ3) is 4.13. The molecule has 0 radical (unpaired) electrons. The van der Waals surface area contributed by atoms with Crippen molar-refractivity contribution < 1.29 is 19.1 Å². The Kier molecular flexibility index (Phi) is 5.11. The lowest BCUT2D eigenvalue weighted by Gasteiger charge is -2.13. The van der Waals surface area contributed by atoms with E-state index in [2.05, 4.69) is 10.5 Å². The summed E-state index contributed by atoms with van der Waals surface area (Å²) in [6.07, 6.45) is 0.167. The monoisotopic (exact) mass is 269 g/mol. The summed E-state index contributed by atoms with van der Waals surface area (Å²) < 4.78 is 18.5. The Morgan fingerprint density at radius 1 is 1.63 bits per heavy atom. The molecule has 0 aromatic heterocycles. The van der Waals surface area contributed by atoms with Crippen molar-refractivity contribution in [3.63, 3.8) is 0 Å². The predicted octanol–water partition coefficient (Wildman–Crippen LogP) is 1.09. The van der Waals surface area contributed by atoms with E-state index >= 15 is 0 Å². The molecule has 0 saturated heterocycles. The van der Waals surface area contributed by atoms with Crippen LogP contribution in [-0.4, -0.2) is 30.1 Å². The quantitative estimate of drug-likeness (QED) is 0.322. The second kappa shape index (κ2) is 6.58. The summed E-state index contributed by atoms with van der Waals surface area (Å²) in [4.78, 5) is 11.8. The number of methoxy groups -OCH3 is 1. The van der Waals surface area contributed by atoms with Gasteiger partial charge in [-0.05, 0) is 19.1 Å². The summed E-state index contributed by atoms with van der Waals surface area (Å²) >= 11 is 0. The fraction of sp³-hybridized carbons (Fsp3) is 0.333. The van der Waals surface area contributed by atoms with Crippen molar-refractivity contribution in [2.24, 2.45) is 10.9 Å². The van der Waals surface area contributed by atoms with E-state index in [1.807, 2.05) is 0 Å². The second-order valence-electron chi connectivity index (χ2n) is 4.02. The highest BCUT2D eigenvalue weighted by Gasteiger charge is 2.15. The molecule has 0 fully saturated rings. The van der Waals surface area contributed by atoms with E-state index in [1.54, 1.807) is 6.92 Å². The van der Waals surface area contributed by atoms with Gasteiger partial charge in [-0.1, -0.05) is 5.16 Å². The Balaban J connectivity index is 2.73. The molecule has 1 atom stereocenters. The number of hydrogen-bond acceptors (Lipinski definition) is 4. The number of amidine groups is 1. The van der Waals surface area contributed by atoms with Gasteiger partial charge in [-0.25, -0.2) is 4.39 Å². The number of nitrogens with two attached hydrogens (primary N) is 1. The average Bonchev–Trinajstić information content (AvgIpc) is 2.37. The minimum atomic E-state index is -0.673. The Morgan fingerprint density at radius 3 is 2.84 bits per heavy atom. The van der Waals surface area contributed by atoms with E-state index in [0.717, 1.165) is 6.07 Å². The van der Waals surface area contributed by atoms with Gasteiger partial charge in [0.05, 0.1) is 12.7 Å². The van der Waals surface area contributed by atoms with Gasteiger partial charge in [0.2, 0.25) is 0 Å². The van der Waals surface area contributed by atoms with Crippen LogP contribution in [0.15, 0.2) is 23.4 Å². The molecule has 0 bridgehead atoms. The van der Waals surface area contributed by atoms with Gasteiger partial charge in [-0.15, -0.1) is 0 Å². The van der Waals surface area contributed by atoms with E-state index in [9.17, 15) is 9.18 Å². The van der Waals surface area contributed by atoms with Crippen molar-refractivity contribution in [1.29, 1.82) is 0 Å². The molecule has 1 amide bonds. The van der Waals surface area contributed by atoms with Crippen LogP contribution >= 0.6 is 0 Å². The molecule has 1 aromatic rings. The third-order valence-electron chi connectivity index (χ3n) is 2.44. The highest BCUT2D eigenvalue weighted by Crippen LogP contribution is 2.16. The molecule has 4 N–H and O–H groups in total. The van der Waals surface area contributed by atoms with Crippen LogP contribution in [-0.2, 0) is 0 Å². The number of carbonyl (C=O) groups excluding carboxylic acids is 1. The van der Waals surface area contributed by atoms with Gasteiger partial charge >= 0.3 is 0 Å². The van der Waals surface area contributed by atoms with Gasteiger partial charge in [-0.3, -0.25) is 4.79 Å². The van der Waals surface area contributed by atoms with E-state index in [1.165, 1.54) is 19.2 Å². The summed E-state index contributed by atoms with van der Waals surface area (Å²) in [5.74, 6) is -0.923. The Hall–Kier alpha value is -2.31. The molecule has 0 saturated carbocycles. The van der Waals surface area contributed by atoms with Crippen LogP contribution in [0.25, 0.3) is 0 Å². The SMILES string of the molecule is COc1ccc(C(=O)NC(C)C/C(N)=N/O)c(F)c1. The number of amides is 1. The van der Waals surface area contributed by atoms with Gasteiger partial charge in [0, 0.05) is 18.5 Å². The normalized spacial score (nSPS) is 12.9. The van der Waals surface area contributed by atoms with Crippen LogP contribution in [0.3, 0.4) is 0 Å². The molecule has 0 aliphatic heterocycles. The highest BCUT2D eigenvalue weighted by atomic mass is 19.1. The van der Waals surface area contributed by atoms with Crippen LogP contribution in [0.1, 0.15) is 23.7 Å². The summed E-state index contributed by atoms with van der Waals surface area (Å²) in [6.45, 7) is 1.66. The van der Waals surface area contributed by atoms with Crippen LogP contribution in [0, 0.1) is 5.82 Å². The number of hydrogen-bond donors (Lipinski definition) is 3. The molecule has 1 aromatic carbocycles. The van der Waals surface area contributed by atoms with Gasteiger partial charge < -0.3 is 21.0 Å². The fourth-order valence-electron chi connectivity index (χ4n) is 1.51. The Labute approximate surface area is 110 Å². The number of ether oxygens (including phenoxy) is 1. The van der Waals surface area contributed by atoms with Crippen LogP contribution in [0.4, 0.5) is 4.39 Å². The van der Waals surface area contributed by atoms with Crippen molar-refractivity contribution in [2.75, 3.05) is 7.11 Å². The Bertz CT molecular complexity index is 491. The number of nitrogens with one attached hydrogen (secondary N) is 1. The van der Waals surface area contributed by atoms with Crippen molar-refractivity contribution in [1.82, 2.24) is 5.32 Å². The molecule has 6 nitrogen and oxygen atoms in total. The molecule has 1 unspecified atom stereocenters. The Morgan fingerprint density at radius 2 is 2.32 bits per heavy atom. The minimum absolute atomic E-state index is 0.0111. The summed E-state index contributed by atoms with van der Waals surface area (Å²) in [5, 5.41) is 13.8. The summed E-state index contributed by atoms with van der Waals surface area (Å²) in [5.41, 5.74) is 5.22. The third-order valence-corrected chi connectivity index (χ3v) is 2.44. The van der Waals surface area contributed by atoms with E-state index in [4.69, 9.17) is 15.7 Å². The maximum atomic E-state index is 13.6. The van der Waals surface area contributed by atoms with Crippen LogP contribution in [0.2, 0.25) is 0 Å².